The lowest BCUT2D eigenvalue weighted by Crippen LogP contribution is -2.49. The van der Waals surface area contributed by atoms with Crippen LogP contribution in [0.25, 0.3) is 0 Å². The molecule has 2 bridgehead atoms. The Balaban J connectivity index is 1.12. The van der Waals surface area contributed by atoms with Crippen LogP contribution in [-0.4, -0.2) is 109 Å². The van der Waals surface area contributed by atoms with Gasteiger partial charge in [-0.3, -0.25) is 23.9 Å². The van der Waals surface area contributed by atoms with Crippen molar-refractivity contribution < 1.29 is 32.7 Å². The van der Waals surface area contributed by atoms with Crippen molar-refractivity contribution in [2.24, 2.45) is 29.2 Å². The predicted molar refractivity (Wildman–Crippen MR) is 223 cm³/mol. The van der Waals surface area contributed by atoms with E-state index in [1.54, 1.807) is 20.2 Å². The molecular formula is C44H58N6O7S. The second kappa shape index (κ2) is 17.2. The van der Waals surface area contributed by atoms with Crippen LogP contribution in [0.5, 0.6) is 11.6 Å². The van der Waals surface area contributed by atoms with Crippen molar-refractivity contribution in [2.45, 2.75) is 63.9 Å². The van der Waals surface area contributed by atoms with Gasteiger partial charge in [0.25, 0.3) is 11.8 Å². The molecule has 14 heteroatoms. The van der Waals surface area contributed by atoms with Crippen molar-refractivity contribution in [1.82, 2.24) is 19.4 Å². The number of ether oxygens (including phenoxy) is 4. The molecule has 58 heavy (non-hydrogen) atoms. The fourth-order valence-corrected chi connectivity index (χ4v) is 11.4. The van der Waals surface area contributed by atoms with Crippen LogP contribution in [0.3, 0.4) is 0 Å². The molecule has 8 rings (SSSR count). The van der Waals surface area contributed by atoms with Crippen LogP contribution in [0.15, 0.2) is 59.1 Å². The Hall–Kier alpha value is -4.24. The Morgan fingerprint density at radius 2 is 1.98 bits per heavy atom. The summed E-state index contributed by atoms with van der Waals surface area (Å²) in [5.74, 6) is 0.0287. The smallest absolute Gasteiger partial charge is 0.286 e. The molecule has 13 nitrogen and oxygen atoms in total. The minimum atomic E-state index is -3.63. The number of aromatic nitrogens is 2. The minimum absolute atomic E-state index is 0.0341. The van der Waals surface area contributed by atoms with Crippen molar-refractivity contribution in [3.05, 3.63) is 82.6 Å². The molecule has 312 valence electrons. The number of carbonyl (C=O) groups excluding carboxylic acids is 2. The summed E-state index contributed by atoms with van der Waals surface area (Å²) in [6.07, 6.45) is 11.6. The first-order valence-corrected chi connectivity index (χ1v) is 22.6. The van der Waals surface area contributed by atoms with Gasteiger partial charge in [0.2, 0.25) is 5.88 Å². The first-order chi connectivity index (χ1) is 28.0. The number of allylic oxidation sites excluding steroid dienone is 1. The van der Waals surface area contributed by atoms with Crippen LogP contribution in [0.1, 0.15) is 76.4 Å². The number of amides is 2. The monoisotopic (exact) mass is 814 g/mol. The number of aryl methyl sites for hydroxylation is 3. The van der Waals surface area contributed by atoms with Gasteiger partial charge in [0.15, 0.2) is 0 Å². The number of benzene rings is 2. The molecule has 3 aromatic rings. The SMILES string of the molecule is CO[C@H]1/C=C/C[C@H](C)CS(=O)(NC(=O)c2cn(C)nc2OCCN2CCOCC2)=NC(=O)c2ccc3c(c2)N(C[C@@H]2CC[C@H]21)C[C@@]1(CCCc2cc(C)ccc21)CO3. The fourth-order valence-electron chi connectivity index (χ4n) is 9.55. The van der Waals surface area contributed by atoms with Crippen LogP contribution in [0.2, 0.25) is 0 Å². The number of nitrogens with zero attached hydrogens (tertiary/aromatic N) is 5. The highest BCUT2D eigenvalue weighted by atomic mass is 32.2. The van der Waals surface area contributed by atoms with Gasteiger partial charge in [-0.15, -0.1) is 9.46 Å². The Morgan fingerprint density at radius 1 is 1.14 bits per heavy atom. The standard InChI is InChI=1S/C44H58N6O7S/c1-30-10-14-37-32(23-30)8-6-16-44(37)28-50-25-34-11-13-35(34)39(54-4)9-5-7-31(2)27-58(53,46-41(51)33-12-15-40(57-29-44)38(50)24-33)47-42(52)36-26-48(3)45-43(36)56-22-19-49-17-20-55-21-18-49/h5,9-10,12,14-15,23-24,26,31,34-35,39H,6-8,11,13,16-22,25,27-29H2,1-4H3,(H,46,47,51,52,53)/b9-5+/t31-,34-,35+,39-,44-,58?/m0/s1. The average Bonchev–Trinajstić information content (AvgIpc) is 3.50. The highest BCUT2D eigenvalue weighted by molar-refractivity contribution is 7.92. The summed E-state index contributed by atoms with van der Waals surface area (Å²) in [5, 5.41) is 4.37. The third-order valence-electron chi connectivity index (χ3n) is 12.7. The zero-order chi connectivity index (χ0) is 40.4. The highest BCUT2D eigenvalue weighted by Crippen LogP contribution is 2.47. The van der Waals surface area contributed by atoms with Crippen LogP contribution in [-0.2, 0) is 38.3 Å². The molecule has 2 aromatic carbocycles. The summed E-state index contributed by atoms with van der Waals surface area (Å²) < 4.78 is 47.7. The van der Waals surface area contributed by atoms with Gasteiger partial charge in [0.05, 0.1) is 37.4 Å². The van der Waals surface area contributed by atoms with Crippen LogP contribution in [0, 0.1) is 24.7 Å². The van der Waals surface area contributed by atoms with Gasteiger partial charge in [-0.25, -0.2) is 4.21 Å². The van der Waals surface area contributed by atoms with Gasteiger partial charge in [-0.2, -0.15) is 0 Å². The van der Waals surface area contributed by atoms with Crippen molar-refractivity contribution >= 4 is 27.4 Å². The van der Waals surface area contributed by atoms with Crippen LogP contribution >= 0.6 is 0 Å². The molecule has 1 spiro atoms. The third kappa shape index (κ3) is 8.71. The quantitative estimate of drug-likeness (QED) is 0.305. The van der Waals surface area contributed by atoms with E-state index in [4.69, 9.17) is 18.9 Å². The maximum Gasteiger partial charge on any atom is 0.286 e. The first-order valence-electron chi connectivity index (χ1n) is 20.9. The molecule has 1 saturated heterocycles. The van der Waals surface area contributed by atoms with Gasteiger partial charge in [-0.05, 0) is 92.5 Å². The lowest BCUT2D eigenvalue weighted by atomic mass is 9.68. The molecule has 1 aromatic heterocycles. The second-order valence-corrected chi connectivity index (χ2v) is 19.1. The van der Waals surface area contributed by atoms with Gasteiger partial charge in [0.1, 0.15) is 27.8 Å². The summed E-state index contributed by atoms with van der Waals surface area (Å²) in [5.41, 5.74) is 5.02. The molecule has 4 heterocycles. The van der Waals surface area contributed by atoms with Crippen molar-refractivity contribution in [3.63, 3.8) is 0 Å². The Labute approximate surface area is 342 Å². The summed E-state index contributed by atoms with van der Waals surface area (Å²) in [7, 11) is -0.167. The van der Waals surface area contributed by atoms with E-state index in [9.17, 15) is 13.8 Å². The van der Waals surface area contributed by atoms with Crippen LogP contribution < -0.4 is 19.1 Å². The largest absolute Gasteiger partial charge is 0.490 e. The van der Waals surface area contributed by atoms with Gasteiger partial charge < -0.3 is 23.8 Å². The molecule has 0 radical (unpaired) electrons. The zero-order valence-corrected chi connectivity index (χ0v) is 35.1. The van der Waals surface area contributed by atoms with E-state index in [2.05, 4.69) is 61.3 Å². The van der Waals surface area contributed by atoms with E-state index in [-0.39, 0.29) is 40.2 Å². The fraction of sp³-hybridized carbons (Fsp3) is 0.568. The molecule has 1 saturated carbocycles. The molecule has 2 fully saturated rings. The number of hydrogen-bond acceptors (Lipinski definition) is 10. The second-order valence-electron chi connectivity index (χ2n) is 17.1. The topological polar surface area (TPSA) is 137 Å². The van der Waals surface area contributed by atoms with Gasteiger partial charge in [-0.1, -0.05) is 42.8 Å². The van der Waals surface area contributed by atoms with E-state index in [0.29, 0.717) is 57.0 Å². The van der Waals surface area contributed by atoms with Crippen molar-refractivity contribution in [3.8, 4) is 11.6 Å². The average molecular weight is 815 g/mol. The number of rotatable bonds is 7. The van der Waals surface area contributed by atoms with Crippen molar-refractivity contribution in [1.29, 1.82) is 0 Å². The Kier molecular flexibility index (Phi) is 12.0. The number of anilines is 1. The maximum atomic E-state index is 14.9. The Morgan fingerprint density at radius 3 is 2.78 bits per heavy atom. The number of methoxy groups -OCH3 is 1. The zero-order valence-electron chi connectivity index (χ0n) is 34.3. The lowest BCUT2D eigenvalue weighted by molar-refractivity contribution is 0.0131. The predicted octanol–water partition coefficient (Wildman–Crippen LogP) is 5.50. The molecule has 5 aliphatic rings. The number of hydrogen-bond donors (Lipinski definition) is 1. The van der Waals surface area contributed by atoms with E-state index in [0.717, 1.165) is 64.0 Å². The molecule has 1 unspecified atom stereocenters. The molecule has 2 amide bonds. The lowest BCUT2D eigenvalue weighted by Gasteiger charge is -2.46. The van der Waals surface area contributed by atoms with Gasteiger partial charge >= 0.3 is 0 Å². The van der Waals surface area contributed by atoms with E-state index in [1.165, 1.54) is 27.6 Å². The number of carbonyl (C=O) groups is 2. The summed E-state index contributed by atoms with van der Waals surface area (Å²) >= 11 is 0. The molecular weight excluding hydrogens is 757 g/mol. The molecule has 2 aliphatic carbocycles. The van der Waals surface area contributed by atoms with Crippen molar-refractivity contribution in [2.75, 3.05) is 76.9 Å². The normalized spacial score (nSPS) is 29.5. The molecule has 3 aliphatic heterocycles. The van der Waals surface area contributed by atoms with Gasteiger partial charge in [0, 0.05) is 64.1 Å². The van der Waals surface area contributed by atoms with E-state index >= 15 is 0 Å². The van der Waals surface area contributed by atoms with Crippen LogP contribution in [0.4, 0.5) is 5.69 Å². The number of nitrogens with one attached hydrogen (secondary N) is 1. The third-order valence-corrected chi connectivity index (χ3v) is 14.7. The van der Waals surface area contributed by atoms with E-state index in [1.807, 2.05) is 19.1 Å². The number of morpholine rings is 1. The maximum absolute atomic E-state index is 14.9. The molecule has 6 atom stereocenters. The highest BCUT2D eigenvalue weighted by Gasteiger charge is 2.44. The summed E-state index contributed by atoms with van der Waals surface area (Å²) in [6.45, 7) is 10.1. The summed E-state index contributed by atoms with van der Waals surface area (Å²) in [6, 6.07) is 12.2. The Bertz CT molecular complexity index is 2160. The molecule has 1 N–H and O–H groups in total. The van der Waals surface area contributed by atoms with E-state index < -0.39 is 21.7 Å². The summed E-state index contributed by atoms with van der Waals surface area (Å²) in [4.78, 5) is 32.9. The first kappa shape index (κ1) is 40.5. The minimum Gasteiger partial charge on any atom is -0.490 e. The number of fused-ring (bicyclic) bond motifs is 4.